The van der Waals surface area contributed by atoms with Crippen molar-refractivity contribution in [2.24, 2.45) is 0 Å². The maximum Gasteiger partial charge on any atom is 0.437 e. The van der Waals surface area contributed by atoms with Crippen LogP contribution in [0.15, 0.2) is 50.5 Å². The molecule has 31 heavy (non-hydrogen) atoms. The fourth-order valence-corrected chi connectivity index (χ4v) is 4.31. The second-order valence-electron chi connectivity index (χ2n) is 6.24. The highest BCUT2D eigenvalue weighted by Gasteiger charge is 2.17. The first-order valence-electron chi connectivity index (χ1n) is 8.90. The number of sulfone groups is 1. The number of benzene rings is 2. The van der Waals surface area contributed by atoms with Crippen molar-refractivity contribution in [1.29, 1.82) is 0 Å². The van der Waals surface area contributed by atoms with Crippen LogP contribution in [0.4, 0.5) is 0 Å². The Labute approximate surface area is 188 Å². The monoisotopic (exact) mass is 484 g/mol. The van der Waals surface area contributed by atoms with E-state index >= 15 is 0 Å². The second-order valence-corrected chi connectivity index (χ2v) is 9.16. The minimum Gasteiger partial charge on any atom is -0.493 e. The lowest BCUT2D eigenvalue weighted by Gasteiger charge is -2.10. The molecular weight excluding hydrogens is 467 g/mol. The van der Waals surface area contributed by atoms with Crippen LogP contribution >= 0.6 is 23.2 Å². The molecule has 0 bridgehead atoms. The predicted octanol–water partition coefficient (Wildman–Crippen LogP) is 3.80. The number of methoxy groups -OCH3 is 2. The van der Waals surface area contributed by atoms with Crippen LogP contribution in [0.25, 0.3) is 12.2 Å². The molecule has 1 aromatic heterocycles. The van der Waals surface area contributed by atoms with Crippen LogP contribution in [0, 0.1) is 0 Å². The van der Waals surface area contributed by atoms with Crippen molar-refractivity contribution in [3.05, 3.63) is 68.4 Å². The molecule has 0 radical (unpaired) electrons. The molecule has 0 saturated heterocycles. The van der Waals surface area contributed by atoms with Crippen molar-refractivity contribution in [3.8, 4) is 11.5 Å². The summed E-state index contributed by atoms with van der Waals surface area (Å²) in [5, 5.41) is 4.75. The molecule has 3 rings (SSSR count). The molecular formula is C20H18Cl2N2O6S. The quantitative estimate of drug-likeness (QED) is 0.478. The number of ether oxygens (including phenoxy) is 2. The number of nitrogens with zero attached hydrogens (tertiary/aromatic N) is 2. The summed E-state index contributed by atoms with van der Waals surface area (Å²) in [4.78, 5) is 12.1. The topological polar surface area (TPSA) is 101 Å². The Kier molecular flexibility index (Phi) is 7.09. The van der Waals surface area contributed by atoms with Crippen molar-refractivity contribution in [2.75, 3.05) is 20.0 Å². The van der Waals surface area contributed by atoms with Crippen LogP contribution in [-0.2, 0) is 16.4 Å². The first kappa shape index (κ1) is 22.9. The van der Waals surface area contributed by atoms with E-state index in [-0.39, 0.29) is 23.1 Å². The van der Waals surface area contributed by atoms with Crippen LogP contribution in [-0.4, -0.2) is 38.2 Å². The van der Waals surface area contributed by atoms with E-state index in [9.17, 15) is 13.2 Å². The summed E-state index contributed by atoms with van der Waals surface area (Å²) in [6.07, 6.45) is 3.03. The molecule has 0 atom stereocenters. The van der Waals surface area contributed by atoms with Gasteiger partial charge in [-0.05, 0) is 48.0 Å². The van der Waals surface area contributed by atoms with Gasteiger partial charge in [0.2, 0.25) is 5.89 Å². The zero-order valence-corrected chi connectivity index (χ0v) is 18.9. The summed E-state index contributed by atoms with van der Waals surface area (Å²) in [6.45, 7) is -0.168. The molecule has 0 unspecified atom stereocenters. The van der Waals surface area contributed by atoms with E-state index in [1.807, 2.05) is 0 Å². The normalized spacial score (nSPS) is 11.7. The minimum absolute atomic E-state index is 0.000238. The zero-order chi connectivity index (χ0) is 22.6. The van der Waals surface area contributed by atoms with Gasteiger partial charge < -0.3 is 13.9 Å². The molecule has 2 aromatic carbocycles. The lowest BCUT2D eigenvalue weighted by Crippen LogP contribution is -2.21. The first-order valence-corrected chi connectivity index (χ1v) is 11.3. The number of hydrogen-bond acceptors (Lipinski definition) is 7. The average Bonchev–Trinajstić information content (AvgIpc) is 3.11. The van der Waals surface area contributed by atoms with Gasteiger partial charge in [-0.1, -0.05) is 23.2 Å². The van der Waals surface area contributed by atoms with Crippen LogP contribution in [0.5, 0.6) is 11.5 Å². The Hall–Kier alpha value is -2.75. The van der Waals surface area contributed by atoms with Gasteiger partial charge in [-0.15, -0.1) is 5.10 Å². The predicted molar refractivity (Wildman–Crippen MR) is 118 cm³/mol. The number of rotatable bonds is 8. The van der Waals surface area contributed by atoms with Gasteiger partial charge in [0.05, 0.1) is 36.4 Å². The molecule has 0 spiro atoms. The number of halogens is 2. The Morgan fingerprint density at radius 1 is 1.06 bits per heavy atom. The molecule has 0 amide bonds. The molecule has 164 valence electrons. The van der Waals surface area contributed by atoms with Gasteiger partial charge in [-0.25, -0.2) is 13.2 Å². The smallest absolute Gasteiger partial charge is 0.437 e. The SMILES string of the molecule is COc1ccc(C=Cc2nn(CCS(=O)(=O)c3ccc(Cl)cc3)c(=O)o2)c(Cl)c1OC. The maximum absolute atomic E-state index is 12.4. The fourth-order valence-electron chi connectivity index (χ4n) is 2.69. The lowest BCUT2D eigenvalue weighted by atomic mass is 10.2. The Bertz CT molecular complexity index is 1260. The lowest BCUT2D eigenvalue weighted by molar-refractivity contribution is 0.355. The van der Waals surface area contributed by atoms with Crippen molar-refractivity contribution < 1.29 is 22.3 Å². The van der Waals surface area contributed by atoms with Gasteiger partial charge in [-0.2, -0.15) is 4.68 Å². The van der Waals surface area contributed by atoms with Gasteiger partial charge in [0.25, 0.3) is 0 Å². The third kappa shape index (κ3) is 5.30. The largest absolute Gasteiger partial charge is 0.493 e. The Morgan fingerprint density at radius 2 is 1.77 bits per heavy atom. The van der Waals surface area contributed by atoms with E-state index in [0.717, 1.165) is 4.68 Å². The molecule has 0 N–H and O–H groups in total. The van der Waals surface area contributed by atoms with E-state index in [1.54, 1.807) is 18.2 Å². The molecule has 0 aliphatic carbocycles. The number of aromatic nitrogens is 2. The number of hydrogen-bond donors (Lipinski definition) is 0. The van der Waals surface area contributed by atoms with Gasteiger partial charge >= 0.3 is 5.76 Å². The molecule has 3 aromatic rings. The van der Waals surface area contributed by atoms with Crippen molar-refractivity contribution in [3.63, 3.8) is 0 Å². The van der Waals surface area contributed by atoms with Gasteiger partial charge in [0.1, 0.15) is 0 Å². The average molecular weight is 485 g/mol. The summed E-state index contributed by atoms with van der Waals surface area (Å²) in [5.41, 5.74) is 0.585. The van der Waals surface area contributed by atoms with E-state index in [4.69, 9.17) is 37.1 Å². The third-order valence-electron chi connectivity index (χ3n) is 4.29. The van der Waals surface area contributed by atoms with Crippen LogP contribution in [0.1, 0.15) is 11.5 Å². The summed E-state index contributed by atoms with van der Waals surface area (Å²) in [6, 6.07) is 9.17. The van der Waals surface area contributed by atoms with E-state index in [1.165, 1.54) is 44.6 Å². The van der Waals surface area contributed by atoms with Crippen molar-refractivity contribution in [1.82, 2.24) is 9.78 Å². The summed E-state index contributed by atoms with van der Waals surface area (Å²) < 4.78 is 41.3. The van der Waals surface area contributed by atoms with E-state index in [0.29, 0.717) is 27.1 Å². The standard InChI is InChI=1S/C20H18Cl2N2O6S/c1-28-16-9-3-13(18(22)19(16)29-2)4-10-17-23-24(20(25)30-17)11-12-31(26,27)15-7-5-14(21)6-8-15/h3-10H,11-12H2,1-2H3. The minimum atomic E-state index is -3.62. The fraction of sp³-hybridized carbons (Fsp3) is 0.200. The molecule has 0 aliphatic rings. The van der Waals surface area contributed by atoms with Crippen LogP contribution < -0.4 is 15.2 Å². The van der Waals surface area contributed by atoms with Crippen molar-refractivity contribution in [2.45, 2.75) is 11.4 Å². The van der Waals surface area contributed by atoms with Gasteiger partial charge in [0.15, 0.2) is 21.3 Å². The molecule has 1 heterocycles. The van der Waals surface area contributed by atoms with Crippen LogP contribution in [0.2, 0.25) is 10.0 Å². The summed E-state index contributed by atoms with van der Waals surface area (Å²) in [7, 11) is -0.653. The van der Waals surface area contributed by atoms with E-state index < -0.39 is 15.6 Å². The first-order chi connectivity index (χ1) is 14.7. The second kappa shape index (κ2) is 9.59. The zero-order valence-electron chi connectivity index (χ0n) is 16.5. The molecule has 8 nitrogen and oxygen atoms in total. The van der Waals surface area contributed by atoms with Gasteiger partial charge in [-0.3, -0.25) is 0 Å². The van der Waals surface area contributed by atoms with Crippen LogP contribution in [0.3, 0.4) is 0 Å². The summed E-state index contributed by atoms with van der Waals surface area (Å²) in [5.74, 6) is -0.261. The third-order valence-corrected chi connectivity index (χ3v) is 6.64. The van der Waals surface area contributed by atoms with Crippen molar-refractivity contribution >= 4 is 45.2 Å². The van der Waals surface area contributed by atoms with Gasteiger partial charge in [0, 0.05) is 11.1 Å². The Morgan fingerprint density at radius 3 is 2.42 bits per heavy atom. The molecule has 11 heteroatoms. The molecule has 0 fully saturated rings. The Balaban J connectivity index is 1.76. The highest BCUT2D eigenvalue weighted by molar-refractivity contribution is 7.91. The maximum atomic E-state index is 12.4. The highest BCUT2D eigenvalue weighted by atomic mass is 35.5. The van der Waals surface area contributed by atoms with E-state index in [2.05, 4.69) is 5.10 Å². The number of aryl methyl sites for hydroxylation is 1. The molecule has 0 saturated carbocycles. The summed E-state index contributed by atoms with van der Waals surface area (Å²) >= 11 is 12.1. The highest BCUT2D eigenvalue weighted by Crippen LogP contribution is 2.37. The molecule has 0 aliphatic heterocycles.